The summed E-state index contributed by atoms with van der Waals surface area (Å²) in [5, 5.41) is 5.51. The van der Waals surface area contributed by atoms with Gasteiger partial charge in [0.2, 0.25) is 5.91 Å². The largest absolute Gasteiger partial charge is 0.273 e. The molecular weight excluding hydrogens is 178 g/mol. The van der Waals surface area contributed by atoms with Crippen molar-refractivity contribution in [3.05, 3.63) is 30.1 Å². The molecule has 0 aliphatic carbocycles. The van der Waals surface area contributed by atoms with Crippen LogP contribution in [0.1, 0.15) is 18.4 Å². The average Bonchev–Trinajstić information content (AvgIpc) is 2.68. The zero-order valence-corrected chi connectivity index (χ0v) is 7.92. The number of aromatic nitrogens is 1. The molecule has 14 heavy (non-hydrogen) atoms. The maximum atomic E-state index is 11.0. The minimum atomic E-state index is -0.0159. The van der Waals surface area contributed by atoms with E-state index in [2.05, 4.69) is 10.1 Å². The van der Waals surface area contributed by atoms with Gasteiger partial charge in [0, 0.05) is 31.4 Å². The van der Waals surface area contributed by atoms with E-state index in [0.717, 1.165) is 5.56 Å². The summed E-state index contributed by atoms with van der Waals surface area (Å²) in [4.78, 5) is 15.0. The molecular formula is C10H11N3O. The summed E-state index contributed by atoms with van der Waals surface area (Å²) in [6, 6.07) is 3.89. The first-order chi connectivity index (χ1) is 6.77. The second-order valence-corrected chi connectivity index (χ2v) is 3.25. The number of hydrogen-bond acceptors (Lipinski definition) is 3. The Labute approximate surface area is 82.3 Å². The number of hydrazone groups is 1. The van der Waals surface area contributed by atoms with Gasteiger partial charge in [-0.1, -0.05) is 0 Å². The van der Waals surface area contributed by atoms with Crippen LogP contribution in [0.15, 0.2) is 29.6 Å². The second kappa shape index (κ2) is 3.57. The molecule has 0 bridgehead atoms. The van der Waals surface area contributed by atoms with Crippen molar-refractivity contribution in [2.75, 3.05) is 6.54 Å². The van der Waals surface area contributed by atoms with E-state index >= 15 is 0 Å². The Morgan fingerprint density at radius 1 is 1.50 bits per heavy atom. The molecule has 4 heteroatoms. The Kier molecular flexibility index (Phi) is 2.26. The van der Waals surface area contributed by atoms with Crippen LogP contribution in [-0.2, 0) is 4.79 Å². The predicted octanol–water partition coefficient (Wildman–Crippen LogP) is 1.01. The van der Waals surface area contributed by atoms with Gasteiger partial charge in [-0.25, -0.2) is 5.01 Å². The average molecular weight is 189 g/mol. The van der Waals surface area contributed by atoms with Gasteiger partial charge >= 0.3 is 0 Å². The van der Waals surface area contributed by atoms with Crippen molar-refractivity contribution in [2.45, 2.75) is 12.8 Å². The molecule has 1 atom stereocenters. The maximum Gasteiger partial charge on any atom is 0.239 e. The van der Waals surface area contributed by atoms with Gasteiger partial charge in [0.15, 0.2) is 0 Å². The van der Waals surface area contributed by atoms with Crippen LogP contribution in [0.2, 0.25) is 0 Å². The van der Waals surface area contributed by atoms with E-state index in [0.29, 0.717) is 6.54 Å². The molecule has 0 saturated heterocycles. The Morgan fingerprint density at radius 3 is 2.79 bits per heavy atom. The predicted molar refractivity (Wildman–Crippen MR) is 52.9 cm³/mol. The number of carbonyl (C=O) groups is 1. The number of nitrogens with zero attached hydrogens (tertiary/aromatic N) is 3. The molecule has 0 spiro atoms. The lowest BCUT2D eigenvalue weighted by molar-refractivity contribution is -0.128. The van der Waals surface area contributed by atoms with Crippen molar-refractivity contribution in [2.24, 2.45) is 5.10 Å². The molecule has 72 valence electrons. The first-order valence-electron chi connectivity index (χ1n) is 4.49. The van der Waals surface area contributed by atoms with E-state index in [9.17, 15) is 4.79 Å². The normalized spacial score (nSPS) is 20.1. The third-order valence-electron chi connectivity index (χ3n) is 2.25. The number of rotatable bonds is 1. The Morgan fingerprint density at radius 2 is 2.21 bits per heavy atom. The van der Waals surface area contributed by atoms with Crippen molar-refractivity contribution in [3.8, 4) is 0 Å². The molecule has 0 saturated carbocycles. The molecule has 1 amide bonds. The van der Waals surface area contributed by atoms with E-state index < -0.39 is 0 Å². The van der Waals surface area contributed by atoms with Crippen LogP contribution in [0.5, 0.6) is 0 Å². The summed E-state index contributed by atoms with van der Waals surface area (Å²) < 4.78 is 0. The molecule has 4 nitrogen and oxygen atoms in total. The van der Waals surface area contributed by atoms with Crippen LogP contribution >= 0.6 is 0 Å². The summed E-state index contributed by atoms with van der Waals surface area (Å²) in [7, 11) is 0. The first kappa shape index (κ1) is 8.87. The highest BCUT2D eigenvalue weighted by atomic mass is 16.2. The summed E-state index contributed by atoms with van der Waals surface area (Å²) >= 11 is 0. The van der Waals surface area contributed by atoms with E-state index in [4.69, 9.17) is 0 Å². The smallest absolute Gasteiger partial charge is 0.239 e. The van der Waals surface area contributed by atoms with Crippen LogP contribution in [0, 0.1) is 0 Å². The Bertz CT molecular complexity index is 361. The first-order valence-corrected chi connectivity index (χ1v) is 4.49. The summed E-state index contributed by atoms with van der Waals surface area (Å²) in [5.74, 6) is 0.194. The van der Waals surface area contributed by atoms with Gasteiger partial charge in [-0.15, -0.1) is 0 Å². The van der Waals surface area contributed by atoms with Crippen LogP contribution in [-0.4, -0.2) is 28.7 Å². The molecule has 2 rings (SSSR count). The number of pyridine rings is 1. The molecule has 0 aromatic carbocycles. The lowest BCUT2D eigenvalue weighted by Gasteiger charge is -2.11. The van der Waals surface area contributed by atoms with E-state index in [-0.39, 0.29) is 11.8 Å². The standard InChI is InChI=1S/C10H11N3O/c1-8(14)13-7-10(6-12-13)9-2-4-11-5-3-9/h2-6,10H,7H2,1H3. The van der Waals surface area contributed by atoms with Gasteiger partial charge in [-0.2, -0.15) is 5.10 Å². The van der Waals surface area contributed by atoms with Crippen LogP contribution in [0.25, 0.3) is 0 Å². The summed E-state index contributed by atoms with van der Waals surface area (Å²) in [6.45, 7) is 2.16. The fourth-order valence-corrected chi connectivity index (χ4v) is 1.45. The van der Waals surface area contributed by atoms with E-state index in [1.54, 1.807) is 18.6 Å². The fraction of sp³-hybridized carbons (Fsp3) is 0.300. The molecule has 1 aromatic rings. The molecule has 1 aliphatic heterocycles. The lowest BCUT2D eigenvalue weighted by Crippen LogP contribution is -2.22. The van der Waals surface area contributed by atoms with Crippen LogP contribution in [0.4, 0.5) is 0 Å². The molecule has 0 fully saturated rings. The minimum Gasteiger partial charge on any atom is -0.273 e. The third kappa shape index (κ3) is 1.64. The highest BCUT2D eigenvalue weighted by Crippen LogP contribution is 2.19. The fourth-order valence-electron chi connectivity index (χ4n) is 1.45. The van der Waals surface area contributed by atoms with E-state index in [1.807, 2.05) is 12.1 Å². The topological polar surface area (TPSA) is 45.6 Å². The van der Waals surface area contributed by atoms with Gasteiger partial charge in [0.25, 0.3) is 0 Å². The van der Waals surface area contributed by atoms with Crippen LogP contribution in [0.3, 0.4) is 0 Å². The Balaban J connectivity index is 2.11. The molecule has 1 aliphatic rings. The quantitative estimate of drug-likeness (QED) is 0.662. The summed E-state index contributed by atoms with van der Waals surface area (Å²) in [6.07, 6.45) is 5.30. The second-order valence-electron chi connectivity index (χ2n) is 3.25. The highest BCUT2D eigenvalue weighted by Gasteiger charge is 2.21. The molecule has 2 heterocycles. The van der Waals surface area contributed by atoms with Gasteiger partial charge in [-0.3, -0.25) is 9.78 Å². The molecule has 0 N–H and O–H groups in total. The molecule has 1 unspecified atom stereocenters. The zero-order valence-electron chi connectivity index (χ0n) is 7.92. The summed E-state index contributed by atoms with van der Waals surface area (Å²) in [5.41, 5.74) is 1.15. The van der Waals surface area contributed by atoms with Gasteiger partial charge in [-0.05, 0) is 17.7 Å². The number of amides is 1. The van der Waals surface area contributed by atoms with Gasteiger partial charge in [0.05, 0.1) is 6.54 Å². The molecule has 0 radical (unpaired) electrons. The minimum absolute atomic E-state index is 0.0159. The Hall–Kier alpha value is -1.71. The van der Waals surface area contributed by atoms with Crippen LogP contribution < -0.4 is 0 Å². The monoisotopic (exact) mass is 189 g/mol. The van der Waals surface area contributed by atoms with E-state index in [1.165, 1.54) is 11.9 Å². The van der Waals surface area contributed by atoms with Gasteiger partial charge in [0.1, 0.15) is 0 Å². The maximum absolute atomic E-state index is 11.0. The van der Waals surface area contributed by atoms with Crippen molar-refractivity contribution in [1.82, 2.24) is 9.99 Å². The lowest BCUT2D eigenvalue weighted by atomic mass is 10.0. The van der Waals surface area contributed by atoms with Crippen molar-refractivity contribution in [1.29, 1.82) is 0 Å². The number of carbonyl (C=O) groups excluding carboxylic acids is 1. The van der Waals surface area contributed by atoms with Crippen molar-refractivity contribution in [3.63, 3.8) is 0 Å². The van der Waals surface area contributed by atoms with Crippen molar-refractivity contribution < 1.29 is 4.79 Å². The SMILES string of the molecule is CC(=O)N1CC(c2ccncc2)C=N1. The zero-order chi connectivity index (χ0) is 9.97. The molecule has 1 aromatic heterocycles. The highest BCUT2D eigenvalue weighted by molar-refractivity contribution is 5.79. The van der Waals surface area contributed by atoms with Gasteiger partial charge < -0.3 is 0 Å². The number of hydrogen-bond donors (Lipinski definition) is 0. The van der Waals surface area contributed by atoms with Crippen molar-refractivity contribution >= 4 is 12.1 Å². The third-order valence-corrected chi connectivity index (χ3v) is 2.25.